The number of nitrogen functional groups attached to an aromatic ring is 1. The van der Waals surface area contributed by atoms with Crippen molar-refractivity contribution in [3.8, 4) is 0 Å². The molecule has 170 valence electrons. The zero-order chi connectivity index (χ0) is 23.5. The molecule has 4 rings (SSSR count). The Bertz CT molecular complexity index is 1190. The van der Waals surface area contributed by atoms with Crippen molar-refractivity contribution in [1.82, 2.24) is 20.2 Å². The molecule has 2 aromatic rings. The van der Waals surface area contributed by atoms with E-state index < -0.39 is 29.2 Å². The van der Waals surface area contributed by atoms with Crippen molar-refractivity contribution in [1.29, 1.82) is 0 Å². The van der Waals surface area contributed by atoms with Gasteiger partial charge in [-0.3, -0.25) is 19.5 Å². The molecule has 1 fully saturated rings. The quantitative estimate of drug-likeness (QED) is 0.294. The molecule has 0 aliphatic carbocycles. The normalized spacial score (nSPS) is 20.5. The van der Waals surface area contributed by atoms with Gasteiger partial charge < -0.3 is 21.0 Å². The first kappa shape index (κ1) is 22.5. The summed E-state index contributed by atoms with van der Waals surface area (Å²) in [5.74, 6) is -2.09. The van der Waals surface area contributed by atoms with Crippen LogP contribution in [-0.4, -0.2) is 67.7 Å². The van der Waals surface area contributed by atoms with Gasteiger partial charge in [-0.25, -0.2) is 9.78 Å². The number of thioether (sulfide) groups is 1. The third-order valence-electron chi connectivity index (χ3n) is 4.79. The minimum atomic E-state index is -1.22. The number of β-lactam (4-membered cyclic amide) rings is 1. The van der Waals surface area contributed by atoms with Gasteiger partial charge >= 0.3 is 5.97 Å². The van der Waals surface area contributed by atoms with E-state index in [4.69, 9.17) is 10.6 Å². The lowest BCUT2D eigenvalue weighted by atomic mass is 10.0. The van der Waals surface area contributed by atoms with Gasteiger partial charge in [0.05, 0.1) is 5.69 Å². The summed E-state index contributed by atoms with van der Waals surface area (Å²) in [6.45, 7) is 0. The van der Waals surface area contributed by atoms with Gasteiger partial charge in [0.25, 0.3) is 11.8 Å². The number of pyridine rings is 1. The van der Waals surface area contributed by atoms with Gasteiger partial charge in [0.15, 0.2) is 10.8 Å². The Morgan fingerprint density at radius 3 is 2.85 bits per heavy atom. The smallest absolute Gasteiger partial charge is 0.352 e. The van der Waals surface area contributed by atoms with Crippen molar-refractivity contribution >= 4 is 57.8 Å². The minimum absolute atomic E-state index is 0.112. The number of nitrogens with zero attached hydrogens (tertiary/aromatic N) is 4. The molecule has 0 bridgehead atoms. The van der Waals surface area contributed by atoms with Crippen LogP contribution in [0.15, 0.2) is 52.3 Å². The van der Waals surface area contributed by atoms with E-state index in [0.717, 1.165) is 11.3 Å². The van der Waals surface area contributed by atoms with Gasteiger partial charge in [-0.1, -0.05) is 17.3 Å². The molecule has 2 atom stereocenters. The zero-order valence-electron chi connectivity index (χ0n) is 17.2. The maximum Gasteiger partial charge on any atom is 0.352 e. The van der Waals surface area contributed by atoms with E-state index in [1.165, 1.54) is 23.8 Å². The van der Waals surface area contributed by atoms with Crippen molar-refractivity contribution in [2.45, 2.75) is 11.4 Å². The number of nitrogens with two attached hydrogens (primary N) is 1. The number of hydrogen-bond acceptors (Lipinski definition) is 10. The minimum Gasteiger partial charge on any atom is -0.477 e. The van der Waals surface area contributed by atoms with Gasteiger partial charge in [0.2, 0.25) is 0 Å². The fourth-order valence-electron chi connectivity index (χ4n) is 3.33. The predicted molar refractivity (Wildman–Crippen MR) is 123 cm³/mol. The molecule has 4 N–H and O–H groups in total. The summed E-state index contributed by atoms with van der Waals surface area (Å²) in [5.41, 5.74) is 6.73. The molecule has 0 radical (unpaired) electrons. The molecular weight excluding hydrogens is 468 g/mol. The van der Waals surface area contributed by atoms with E-state index in [1.54, 1.807) is 35.9 Å². The van der Waals surface area contributed by atoms with Gasteiger partial charge in [-0.15, -0.1) is 23.1 Å². The largest absolute Gasteiger partial charge is 0.477 e. The van der Waals surface area contributed by atoms with Gasteiger partial charge in [0, 0.05) is 17.3 Å². The summed E-state index contributed by atoms with van der Waals surface area (Å²) >= 11 is 2.48. The highest BCUT2D eigenvalue weighted by Crippen LogP contribution is 2.40. The summed E-state index contributed by atoms with van der Waals surface area (Å²) in [4.78, 5) is 51.7. The van der Waals surface area contributed by atoms with E-state index in [9.17, 15) is 19.5 Å². The Kier molecular flexibility index (Phi) is 6.42. The molecule has 33 heavy (non-hydrogen) atoms. The Balaban J connectivity index is 1.53. The van der Waals surface area contributed by atoms with Crippen LogP contribution in [0.2, 0.25) is 0 Å². The summed E-state index contributed by atoms with van der Waals surface area (Å²) in [6, 6.07) is 4.46. The Hall–Kier alpha value is -3.71. The molecule has 13 heteroatoms. The SMILES string of the molecule is CON=C(C(=O)NC1C(=O)N2C(C(=O)O)=C(C=Cc3ccccn3)CS[C@H]12)c1csc(N)n1. The van der Waals surface area contributed by atoms with E-state index >= 15 is 0 Å². The number of carboxylic acid groups (broad SMARTS) is 1. The maximum atomic E-state index is 12.8. The molecule has 0 aromatic carbocycles. The molecule has 0 saturated carbocycles. The molecule has 4 heterocycles. The van der Waals surface area contributed by atoms with Crippen LogP contribution in [0.1, 0.15) is 11.4 Å². The molecular formula is C20H18N6O5S2. The summed E-state index contributed by atoms with van der Waals surface area (Å²) in [7, 11) is 1.28. The van der Waals surface area contributed by atoms with Crippen molar-refractivity contribution < 1.29 is 24.3 Å². The van der Waals surface area contributed by atoms with Crippen LogP contribution < -0.4 is 11.1 Å². The third-order valence-corrected chi connectivity index (χ3v) is 6.77. The molecule has 1 unspecified atom stereocenters. The van der Waals surface area contributed by atoms with Crippen LogP contribution in [0.5, 0.6) is 0 Å². The number of hydrogen-bond donors (Lipinski definition) is 3. The standard InChI is InChI=1S/C20H18N6O5S2/c1-31-25-13(12-9-33-20(21)23-12)16(27)24-14-17(28)26-15(19(29)30)10(8-32-18(14)26)5-6-11-4-2-3-7-22-11/h2-7,9,14,18H,8H2,1H3,(H2,21,23)(H,24,27)(H,29,30)/t14?,18-/m1/s1. The van der Waals surface area contributed by atoms with Crippen molar-refractivity contribution in [2.24, 2.45) is 5.16 Å². The number of oxime groups is 1. The van der Waals surface area contributed by atoms with E-state index in [-0.39, 0.29) is 22.2 Å². The van der Waals surface area contributed by atoms with E-state index in [0.29, 0.717) is 17.0 Å². The van der Waals surface area contributed by atoms with Crippen LogP contribution in [0.25, 0.3) is 6.08 Å². The van der Waals surface area contributed by atoms with Gasteiger partial charge in [-0.05, 0) is 23.8 Å². The molecule has 2 aromatic heterocycles. The number of rotatable bonds is 7. The number of amides is 2. The molecule has 1 saturated heterocycles. The van der Waals surface area contributed by atoms with Crippen LogP contribution in [-0.2, 0) is 19.2 Å². The Morgan fingerprint density at radius 1 is 1.39 bits per heavy atom. The van der Waals surface area contributed by atoms with Crippen molar-refractivity contribution in [3.63, 3.8) is 0 Å². The van der Waals surface area contributed by atoms with Gasteiger partial charge in [-0.2, -0.15) is 0 Å². The second-order valence-corrected chi connectivity index (χ2v) is 8.82. The Morgan fingerprint density at radius 2 is 2.21 bits per heavy atom. The van der Waals surface area contributed by atoms with E-state index in [1.807, 2.05) is 6.07 Å². The number of carbonyl (C=O) groups excluding carboxylic acids is 2. The summed E-state index contributed by atoms with van der Waals surface area (Å²) in [5, 5.41) is 17.3. The third kappa shape index (κ3) is 4.45. The summed E-state index contributed by atoms with van der Waals surface area (Å²) in [6.07, 6.45) is 4.96. The Labute approximate surface area is 196 Å². The second kappa shape index (κ2) is 9.42. The molecule has 2 aliphatic rings. The number of allylic oxidation sites excluding steroid dienone is 1. The van der Waals surface area contributed by atoms with Crippen LogP contribution in [0.3, 0.4) is 0 Å². The average Bonchev–Trinajstić information content (AvgIpc) is 3.25. The number of carbonyl (C=O) groups is 3. The van der Waals surface area contributed by atoms with Gasteiger partial charge in [0.1, 0.15) is 29.9 Å². The highest BCUT2D eigenvalue weighted by molar-refractivity contribution is 8.00. The lowest BCUT2D eigenvalue weighted by molar-refractivity contribution is -0.150. The number of thiazole rings is 1. The topological polar surface area (TPSA) is 160 Å². The lowest BCUT2D eigenvalue weighted by Gasteiger charge is -2.49. The lowest BCUT2D eigenvalue weighted by Crippen LogP contribution is -2.71. The highest BCUT2D eigenvalue weighted by atomic mass is 32.2. The highest BCUT2D eigenvalue weighted by Gasteiger charge is 2.54. The number of carboxylic acids is 1. The molecule has 2 aliphatic heterocycles. The van der Waals surface area contributed by atoms with Crippen molar-refractivity contribution in [3.05, 3.63) is 58.5 Å². The number of anilines is 1. The molecule has 2 amide bonds. The van der Waals surface area contributed by atoms with Crippen LogP contribution in [0.4, 0.5) is 5.13 Å². The number of aliphatic carboxylic acids is 1. The fourth-order valence-corrected chi connectivity index (χ4v) is 5.20. The van der Waals surface area contributed by atoms with Crippen LogP contribution in [0, 0.1) is 0 Å². The number of aromatic nitrogens is 2. The van der Waals surface area contributed by atoms with Crippen LogP contribution >= 0.6 is 23.1 Å². The van der Waals surface area contributed by atoms with Crippen molar-refractivity contribution in [2.75, 3.05) is 18.6 Å². The molecule has 0 spiro atoms. The monoisotopic (exact) mass is 486 g/mol. The summed E-state index contributed by atoms with van der Waals surface area (Å²) < 4.78 is 0. The van der Waals surface area contributed by atoms with E-state index in [2.05, 4.69) is 20.4 Å². The first-order chi connectivity index (χ1) is 15.9. The fraction of sp³-hybridized carbons (Fsp3) is 0.200. The first-order valence-electron chi connectivity index (χ1n) is 9.54. The maximum absolute atomic E-state index is 12.8. The second-order valence-electron chi connectivity index (χ2n) is 6.82. The number of fused-ring (bicyclic) bond motifs is 1. The predicted octanol–water partition coefficient (Wildman–Crippen LogP) is 0.923. The number of nitrogens with one attached hydrogen (secondary N) is 1. The first-order valence-corrected chi connectivity index (χ1v) is 11.5. The zero-order valence-corrected chi connectivity index (χ0v) is 18.8. The average molecular weight is 487 g/mol. The molecule has 11 nitrogen and oxygen atoms in total.